The Morgan fingerprint density at radius 1 is 0.209 bits per heavy atom. The lowest BCUT2D eigenvalue weighted by Gasteiger charge is -2.26. The number of thiophene rings is 3. The van der Waals surface area contributed by atoms with Gasteiger partial charge in [0.05, 0.1) is 0 Å². The van der Waals surface area contributed by atoms with E-state index in [9.17, 15) is 0 Å². The van der Waals surface area contributed by atoms with Gasteiger partial charge in [-0.05, 0) is 210 Å². The van der Waals surface area contributed by atoms with Crippen molar-refractivity contribution in [2.45, 2.75) is 125 Å². The molecule has 0 radical (unpaired) electrons. The van der Waals surface area contributed by atoms with E-state index in [4.69, 9.17) is 0 Å². The summed E-state index contributed by atoms with van der Waals surface area (Å²) in [4.78, 5) is 6.25. The Kier molecular flexibility index (Phi) is 17.8. The third-order valence-electron chi connectivity index (χ3n) is 19.1. The number of hydrogen-bond acceptors (Lipinski definition) is 4. The number of rotatable bonds is 15. The zero-order valence-electron chi connectivity index (χ0n) is 56.7. The van der Waals surface area contributed by atoms with Crippen LogP contribution >= 0.6 is 34.0 Å². The molecule has 0 aliphatic heterocycles. The Hall–Kier alpha value is -7.93. The van der Waals surface area contributed by atoms with Crippen LogP contribution < -0.4 is 52.0 Å². The van der Waals surface area contributed by atoms with Crippen molar-refractivity contribution < 1.29 is 0 Å². The lowest BCUT2D eigenvalue weighted by Crippen LogP contribution is -2.54. The van der Waals surface area contributed by atoms with E-state index in [2.05, 4.69) is 312 Å². The molecule has 12 rings (SSSR count). The Balaban J connectivity index is 0.925. The Morgan fingerprint density at radius 3 is 0.538 bits per heavy atom. The molecule has 0 unspecified atom stereocenters. The molecule has 0 N–H and O–H groups in total. The van der Waals surface area contributed by atoms with Gasteiger partial charge in [-0.2, -0.15) is 0 Å². The Morgan fingerprint density at radius 2 is 0.374 bits per heavy atom. The summed E-state index contributed by atoms with van der Waals surface area (Å²) in [5, 5.41) is 0. The van der Waals surface area contributed by atoms with Crippen molar-refractivity contribution >= 4 is 118 Å². The summed E-state index contributed by atoms with van der Waals surface area (Å²) in [6.07, 6.45) is 0. The van der Waals surface area contributed by atoms with Crippen LogP contribution in [0, 0.1) is 125 Å². The van der Waals surface area contributed by atoms with E-state index in [1.54, 1.807) is 0 Å². The molecule has 9 aromatic carbocycles. The van der Waals surface area contributed by atoms with Crippen molar-refractivity contribution in [2.75, 3.05) is 4.90 Å². The highest BCUT2D eigenvalue weighted by Crippen LogP contribution is 2.39. The van der Waals surface area contributed by atoms with Crippen LogP contribution in [0.4, 0.5) is 17.1 Å². The molecule has 12 aromatic rings. The van der Waals surface area contributed by atoms with E-state index in [1.807, 2.05) is 34.0 Å². The molecule has 452 valence electrons. The second kappa shape index (κ2) is 25.6. The standard InChI is InChI=1S/C84H84B3NS3/c1-49-37-55(7)79(56(8)38-49)85(80-57(9)39-50(2)40-58(80)10)76-34-31-73(89-76)67-19-25-70(26-20-67)88(71-27-21-68(22-28-71)74-32-35-77(90-74)86(81-59(11)41-51(3)42-60(81)12)82-61(13)43-52(4)44-62(82)14)72-29-23-69(24-30-72)75-33-36-78(91-75)87(83-63(15)45-53(5)46-64(83)16)84-65(17)47-54(6)48-66(84)18/h19-48H,1-18H3. The van der Waals surface area contributed by atoms with Gasteiger partial charge in [-0.3, -0.25) is 0 Å². The van der Waals surface area contributed by atoms with Crippen LogP contribution in [-0.4, -0.2) is 20.1 Å². The minimum atomic E-state index is 0.136. The molecule has 0 atom stereocenters. The third kappa shape index (κ3) is 12.5. The Bertz CT molecular complexity index is 3960. The summed E-state index contributed by atoms with van der Waals surface area (Å²) in [7, 11) is 0. The fourth-order valence-electron chi connectivity index (χ4n) is 15.9. The molecular formula is C84H84B3NS3. The van der Waals surface area contributed by atoms with E-state index < -0.39 is 0 Å². The van der Waals surface area contributed by atoms with Gasteiger partial charge in [0, 0.05) is 31.7 Å². The summed E-state index contributed by atoms with van der Waals surface area (Å²) >= 11 is 5.79. The molecule has 0 saturated heterocycles. The predicted molar refractivity (Wildman–Crippen MR) is 409 cm³/mol. The highest BCUT2D eigenvalue weighted by molar-refractivity contribution is 7.31. The van der Waals surface area contributed by atoms with E-state index in [0.717, 1.165) is 17.1 Å². The first-order valence-corrected chi connectivity index (χ1v) is 34.8. The summed E-state index contributed by atoms with van der Waals surface area (Å²) in [5.41, 5.74) is 39.6. The maximum atomic E-state index is 2.43. The Labute approximate surface area is 557 Å². The van der Waals surface area contributed by atoms with Crippen molar-refractivity contribution in [1.82, 2.24) is 0 Å². The molecule has 0 aliphatic rings. The first kappa shape index (κ1) is 63.2. The van der Waals surface area contributed by atoms with Crippen LogP contribution in [-0.2, 0) is 0 Å². The maximum Gasteiger partial charge on any atom is 0.255 e. The van der Waals surface area contributed by atoms with E-state index >= 15 is 0 Å². The lowest BCUT2D eigenvalue weighted by molar-refractivity contribution is 1.28. The number of nitrogens with zero attached hydrogens (tertiary/aromatic N) is 1. The molecule has 0 fully saturated rings. The van der Waals surface area contributed by atoms with E-state index in [1.165, 1.54) is 179 Å². The molecule has 0 spiro atoms. The van der Waals surface area contributed by atoms with Crippen molar-refractivity contribution in [2.24, 2.45) is 0 Å². The minimum Gasteiger partial charge on any atom is -0.311 e. The van der Waals surface area contributed by atoms with Crippen LogP contribution in [0.3, 0.4) is 0 Å². The second-order valence-corrected chi connectivity index (χ2v) is 30.1. The summed E-state index contributed by atoms with van der Waals surface area (Å²) in [5.74, 6) is 0. The van der Waals surface area contributed by atoms with Crippen LogP contribution in [0.2, 0.25) is 0 Å². The number of aryl methyl sites for hydroxylation is 18. The minimum absolute atomic E-state index is 0.136. The van der Waals surface area contributed by atoms with Gasteiger partial charge < -0.3 is 4.90 Å². The molecule has 1 nitrogen and oxygen atoms in total. The van der Waals surface area contributed by atoms with Crippen LogP contribution in [0.1, 0.15) is 100 Å². The summed E-state index contributed by atoms with van der Waals surface area (Å²) < 4.78 is 4.11. The average Bonchev–Trinajstić information content (AvgIpc) is 1.97. The fraction of sp³-hybridized carbons (Fsp3) is 0.214. The zero-order chi connectivity index (χ0) is 64.4. The number of anilines is 3. The highest BCUT2D eigenvalue weighted by Gasteiger charge is 2.33. The number of benzene rings is 9. The van der Waals surface area contributed by atoms with Crippen molar-refractivity contribution in [3.05, 3.63) is 282 Å². The largest absolute Gasteiger partial charge is 0.311 e. The third-order valence-corrected chi connectivity index (χ3v) is 22.7. The molecule has 0 amide bonds. The quantitative estimate of drug-likeness (QED) is 0.0925. The normalized spacial score (nSPS) is 11.4. The number of hydrogen-bond donors (Lipinski definition) is 0. The van der Waals surface area contributed by atoms with E-state index in [-0.39, 0.29) is 20.1 Å². The van der Waals surface area contributed by atoms with Crippen molar-refractivity contribution in [3.63, 3.8) is 0 Å². The monoisotopic (exact) mass is 1240 g/mol. The predicted octanol–water partition coefficient (Wildman–Crippen LogP) is 17.4. The lowest BCUT2D eigenvalue weighted by atomic mass is 9.37. The summed E-state index contributed by atoms with van der Waals surface area (Å²) in [6.45, 7) is 41.3. The summed E-state index contributed by atoms with van der Waals surface area (Å²) in [6, 6.07) is 70.5. The van der Waals surface area contributed by atoms with Gasteiger partial charge in [0.2, 0.25) is 0 Å². The van der Waals surface area contributed by atoms with Gasteiger partial charge in [0.15, 0.2) is 0 Å². The van der Waals surface area contributed by atoms with Gasteiger partial charge in [-0.25, -0.2) is 0 Å². The molecular weight excluding hydrogens is 1150 g/mol. The van der Waals surface area contributed by atoms with Gasteiger partial charge >= 0.3 is 0 Å². The van der Waals surface area contributed by atoms with Crippen LogP contribution in [0.25, 0.3) is 31.3 Å². The molecule has 0 saturated carbocycles. The van der Waals surface area contributed by atoms with Gasteiger partial charge in [-0.1, -0.05) is 260 Å². The SMILES string of the molecule is Cc1cc(C)c(B(c2ccc(-c3ccc(N(c4ccc(-c5ccc(B(c6c(C)cc(C)cc6C)c6c(C)cc(C)cc6C)s5)cc4)c4ccc(-c5ccc(B(c6c(C)cc(C)cc6C)c6c(C)cc(C)cc6C)s5)cc4)cc3)s2)c2c(C)cc(C)cc2C)c(C)c1. The molecule has 3 aromatic heterocycles. The van der Waals surface area contributed by atoms with Crippen LogP contribution in [0.5, 0.6) is 0 Å². The average molecular weight is 1240 g/mol. The molecule has 0 bridgehead atoms. The molecule has 3 heterocycles. The first-order chi connectivity index (χ1) is 43.5. The smallest absolute Gasteiger partial charge is 0.255 e. The van der Waals surface area contributed by atoms with Gasteiger partial charge in [0.1, 0.15) is 0 Å². The van der Waals surface area contributed by atoms with Gasteiger partial charge in [0.25, 0.3) is 20.1 Å². The fourth-order valence-corrected chi connectivity index (χ4v) is 19.3. The van der Waals surface area contributed by atoms with Crippen LogP contribution in [0.15, 0.2) is 182 Å². The molecule has 91 heavy (non-hydrogen) atoms. The zero-order valence-corrected chi connectivity index (χ0v) is 59.2. The van der Waals surface area contributed by atoms with E-state index in [0.29, 0.717) is 0 Å². The molecule has 7 heteroatoms. The van der Waals surface area contributed by atoms with Crippen molar-refractivity contribution in [1.29, 1.82) is 0 Å². The first-order valence-electron chi connectivity index (χ1n) is 32.4. The second-order valence-electron chi connectivity index (χ2n) is 26.8. The van der Waals surface area contributed by atoms with Gasteiger partial charge in [-0.15, -0.1) is 34.0 Å². The molecule has 0 aliphatic carbocycles. The topological polar surface area (TPSA) is 3.24 Å². The highest BCUT2D eigenvalue weighted by atomic mass is 32.1. The van der Waals surface area contributed by atoms with Crippen molar-refractivity contribution in [3.8, 4) is 31.3 Å². The maximum absolute atomic E-state index is 2.43.